The Balaban J connectivity index is 2.10. The summed E-state index contributed by atoms with van der Waals surface area (Å²) in [5, 5.41) is 0. The van der Waals surface area contributed by atoms with Gasteiger partial charge in [-0.2, -0.15) is 0 Å². The average Bonchev–Trinajstić information content (AvgIpc) is 2.60. The van der Waals surface area contributed by atoms with Gasteiger partial charge in [0.1, 0.15) is 18.0 Å². The molecule has 0 aliphatic heterocycles. The first kappa shape index (κ1) is 22.0. The van der Waals surface area contributed by atoms with Crippen LogP contribution in [0.4, 0.5) is 0 Å². The molecule has 4 heteroatoms. The maximum absolute atomic E-state index is 13.0. The molecule has 0 radical (unpaired) electrons. The van der Waals surface area contributed by atoms with Gasteiger partial charge in [0.15, 0.2) is 5.78 Å². The number of ether oxygens (including phenoxy) is 2. The summed E-state index contributed by atoms with van der Waals surface area (Å²) >= 11 is 0. The second-order valence-electron chi connectivity index (χ2n) is 8.01. The van der Waals surface area contributed by atoms with Crippen LogP contribution in [0.15, 0.2) is 36.4 Å². The number of nitrogens with zero attached hydrogens (tertiary/aromatic N) is 1. The lowest BCUT2D eigenvalue weighted by atomic mass is 10.0. The second kappa shape index (κ2) is 9.74. The van der Waals surface area contributed by atoms with Crippen LogP contribution >= 0.6 is 0 Å². The molecule has 0 saturated heterocycles. The number of hydrogen-bond donors (Lipinski definition) is 0. The first-order valence-electron chi connectivity index (χ1n) is 10.1. The van der Waals surface area contributed by atoms with Crippen LogP contribution in [0.5, 0.6) is 11.5 Å². The van der Waals surface area contributed by atoms with Gasteiger partial charge in [-0.05, 0) is 45.9 Å². The first-order valence-corrected chi connectivity index (χ1v) is 10.1. The van der Waals surface area contributed by atoms with Crippen LogP contribution in [0.25, 0.3) is 0 Å². The number of quaternary nitrogens is 1. The van der Waals surface area contributed by atoms with Gasteiger partial charge in [0.25, 0.3) is 0 Å². The van der Waals surface area contributed by atoms with Crippen LogP contribution in [0.1, 0.15) is 47.3 Å². The van der Waals surface area contributed by atoms with Gasteiger partial charge < -0.3 is 14.0 Å². The molecule has 0 saturated carbocycles. The number of rotatable bonds is 10. The monoisotopic (exact) mass is 384 g/mol. The molecule has 0 N–H and O–H groups in total. The molecule has 2 aromatic carbocycles. The number of benzene rings is 2. The topological polar surface area (TPSA) is 35.5 Å². The maximum Gasteiger partial charge on any atom is 0.172 e. The Labute approximate surface area is 169 Å². The molecule has 0 aromatic heterocycles. The fourth-order valence-corrected chi connectivity index (χ4v) is 3.54. The van der Waals surface area contributed by atoms with Crippen LogP contribution < -0.4 is 9.47 Å². The third kappa shape index (κ3) is 6.38. The van der Waals surface area contributed by atoms with Crippen LogP contribution in [-0.2, 0) is 6.54 Å². The van der Waals surface area contributed by atoms with E-state index in [2.05, 4.69) is 46.1 Å². The number of hydrogen-bond acceptors (Lipinski definition) is 3. The predicted molar refractivity (Wildman–Crippen MR) is 114 cm³/mol. The van der Waals surface area contributed by atoms with E-state index in [1.807, 2.05) is 26.0 Å². The Bertz CT molecular complexity index is 791. The molecule has 0 amide bonds. The Morgan fingerprint density at radius 3 is 2.18 bits per heavy atom. The molecule has 0 atom stereocenters. The summed E-state index contributed by atoms with van der Waals surface area (Å²) in [5.74, 6) is 1.44. The van der Waals surface area contributed by atoms with Gasteiger partial charge in [0.05, 0.1) is 45.8 Å². The summed E-state index contributed by atoms with van der Waals surface area (Å²) in [7, 11) is 4.34. The summed E-state index contributed by atoms with van der Waals surface area (Å²) in [5.41, 5.74) is 4.47. The van der Waals surface area contributed by atoms with Gasteiger partial charge in [0.2, 0.25) is 0 Å². The minimum absolute atomic E-state index is 0.0941. The number of ketones is 1. The summed E-state index contributed by atoms with van der Waals surface area (Å²) in [6, 6.07) is 12.1. The highest BCUT2D eigenvalue weighted by atomic mass is 16.5. The summed E-state index contributed by atoms with van der Waals surface area (Å²) in [6.07, 6.45) is 0.466. The zero-order chi connectivity index (χ0) is 20.7. The van der Waals surface area contributed by atoms with Gasteiger partial charge >= 0.3 is 0 Å². The lowest BCUT2D eigenvalue weighted by molar-refractivity contribution is -0.903. The standard InChI is InChI=1S/C24H34NO3/c1-7-27-21-9-10-24(28-8-2)22(16-21)23(26)11-12-25(5,6)17-20-14-18(3)13-19(4)15-20/h9-10,13-16H,7-8,11-12,17H2,1-6H3/q+1. The van der Waals surface area contributed by atoms with Gasteiger partial charge in [-0.15, -0.1) is 0 Å². The molecule has 2 rings (SSSR count). The Hall–Kier alpha value is -2.33. The van der Waals surface area contributed by atoms with Crippen molar-refractivity contribution in [2.45, 2.75) is 40.7 Å². The van der Waals surface area contributed by atoms with E-state index in [0.717, 1.165) is 17.6 Å². The van der Waals surface area contributed by atoms with Crippen molar-refractivity contribution in [2.75, 3.05) is 33.9 Å². The molecule has 0 aliphatic carbocycles. The molecule has 0 heterocycles. The molecule has 152 valence electrons. The highest BCUT2D eigenvalue weighted by Gasteiger charge is 2.21. The van der Waals surface area contributed by atoms with Crippen molar-refractivity contribution in [3.05, 3.63) is 58.7 Å². The molecule has 0 unspecified atom stereocenters. The van der Waals surface area contributed by atoms with Gasteiger partial charge in [-0.3, -0.25) is 4.79 Å². The summed E-state index contributed by atoms with van der Waals surface area (Å²) in [4.78, 5) is 13.0. The molecular weight excluding hydrogens is 350 g/mol. The number of aryl methyl sites for hydroxylation is 2. The zero-order valence-corrected chi connectivity index (χ0v) is 18.2. The Kier molecular flexibility index (Phi) is 7.64. The van der Waals surface area contributed by atoms with E-state index in [1.54, 1.807) is 6.07 Å². The molecular formula is C24H34NO3+. The lowest BCUT2D eigenvalue weighted by Crippen LogP contribution is -2.40. The number of Topliss-reactive ketones (excluding diaryl/α,β-unsaturated/α-hetero) is 1. The molecule has 0 spiro atoms. The molecule has 4 nitrogen and oxygen atoms in total. The van der Waals surface area contributed by atoms with Crippen molar-refractivity contribution in [1.82, 2.24) is 0 Å². The maximum atomic E-state index is 13.0. The normalized spacial score (nSPS) is 11.4. The van der Waals surface area contributed by atoms with E-state index in [9.17, 15) is 4.79 Å². The molecule has 28 heavy (non-hydrogen) atoms. The average molecular weight is 385 g/mol. The molecule has 0 aliphatic rings. The highest BCUT2D eigenvalue weighted by molar-refractivity contribution is 5.99. The quantitative estimate of drug-likeness (QED) is 0.429. The Morgan fingerprint density at radius 2 is 1.57 bits per heavy atom. The Morgan fingerprint density at radius 1 is 0.929 bits per heavy atom. The zero-order valence-electron chi connectivity index (χ0n) is 18.2. The van der Waals surface area contributed by atoms with E-state index >= 15 is 0 Å². The molecule has 2 aromatic rings. The fourth-order valence-electron chi connectivity index (χ4n) is 3.54. The van der Waals surface area contributed by atoms with Gasteiger partial charge in [-0.1, -0.05) is 29.3 Å². The van der Waals surface area contributed by atoms with Crippen LogP contribution in [-0.4, -0.2) is 44.1 Å². The minimum Gasteiger partial charge on any atom is -0.494 e. The van der Waals surface area contributed by atoms with Crippen LogP contribution in [0.3, 0.4) is 0 Å². The lowest BCUT2D eigenvalue weighted by Gasteiger charge is -2.30. The van der Waals surface area contributed by atoms with Crippen LogP contribution in [0, 0.1) is 13.8 Å². The SMILES string of the molecule is CCOc1ccc(OCC)c(C(=O)CC[N+](C)(C)Cc2cc(C)cc(C)c2)c1. The molecule has 0 fully saturated rings. The third-order valence-corrected chi connectivity index (χ3v) is 4.70. The number of carbonyl (C=O) groups excluding carboxylic acids is 1. The van der Waals surface area contributed by atoms with Gasteiger partial charge in [-0.25, -0.2) is 0 Å². The van der Waals surface area contributed by atoms with Crippen molar-refractivity contribution in [3.8, 4) is 11.5 Å². The number of carbonyl (C=O) groups is 1. The van der Waals surface area contributed by atoms with E-state index in [0.29, 0.717) is 36.7 Å². The van der Waals surface area contributed by atoms with Crippen molar-refractivity contribution >= 4 is 5.78 Å². The minimum atomic E-state index is 0.0941. The third-order valence-electron chi connectivity index (χ3n) is 4.70. The van der Waals surface area contributed by atoms with Crippen molar-refractivity contribution in [1.29, 1.82) is 0 Å². The van der Waals surface area contributed by atoms with E-state index < -0.39 is 0 Å². The van der Waals surface area contributed by atoms with Crippen molar-refractivity contribution < 1.29 is 18.8 Å². The first-order chi connectivity index (χ1) is 13.2. The largest absolute Gasteiger partial charge is 0.494 e. The van der Waals surface area contributed by atoms with E-state index in [4.69, 9.17) is 9.47 Å². The van der Waals surface area contributed by atoms with E-state index in [-0.39, 0.29) is 5.78 Å². The second-order valence-corrected chi connectivity index (χ2v) is 8.01. The summed E-state index contributed by atoms with van der Waals surface area (Å²) < 4.78 is 12.0. The van der Waals surface area contributed by atoms with Crippen molar-refractivity contribution in [2.24, 2.45) is 0 Å². The van der Waals surface area contributed by atoms with Crippen molar-refractivity contribution in [3.63, 3.8) is 0 Å². The molecule has 0 bridgehead atoms. The van der Waals surface area contributed by atoms with E-state index in [1.165, 1.54) is 16.7 Å². The predicted octanol–water partition coefficient (Wildman–Crippen LogP) is 4.95. The van der Waals surface area contributed by atoms with Crippen LogP contribution in [0.2, 0.25) is 0 Å². The van der Waals surface area contributed by atoms with Gasteiger partial charge in [0, 0.05) is 5.56 Å². The fraction of sp³-hybridized carbons (Fsp3) is 0.458. The smallest absolute Gasteiger partial charge is 0.172 e. The summed E-state index contributed by atoms with van der Waals surface area (Å²) in [6.45, 7) is 10.9. The highest BCUT2D eigenvalue weighted by Crippen LogP contribution is 2.26.